The fourth-order valence-corrected chi connectivity index (χ4v) is 0.633. The van der Waals surface area contributed by atoms with E-state index in [4.69, 9.17) is 16.8 Å². The van der Waals surface area contributed by atoms with E-state index in [1.807, 2.05) is 0 Å². The Morgan fingerprint density at radius 1 is 1.70 bits per heavy atom. The molecule has 0 aliphatic carbocycles. The molecule has 1 aromatic heterocycles. The average Bonchev–Trinajstić information content (AvgIpc) is 1.88. The Balaban J connectivity index is 2.95. The molecule has 0 fully saturated rings. The molecule has 1 heterocycles. The van der Waals surface area contributed by atoms with Crippen LogP contribution in [0.4, 0.5) is 0 Å². The molecule has 0 aliphatic rings. The highest BCUT2D eigenvalue weighted by Gasteiger charge is 1.90. The van der Waals surface area contributed by atoms with Gasteiger partial charge in [-0.3, -0.25) is 0 Å². The van der Waals surface area contributed by atoms with Gasteiger partial charge in [0.2, 0.25) is 5.28 Å². The minimum atomic E-state index is 0.136. The van der Waals surface area contributed by atoms with E-state index in [1.165, 1.54) is 12.4 Å². The quantitative estimate of drug-likeness (QED) is 0.286. The van der Waals surface area contributed by atoms with E-state index in [1.54, 1.807) is 6.07 Å². The second kappa shape index (κ2) is 3.12. The van der Waals surface area contributed by atoms with Crippen LogP contribution < -0.4 is 0 Å². The van der Waals surface area contributed by atoms with Gasteiger partial charge in [-0.15, -0.1) is 0 Å². The van der Waals surface area contributed by atoms with Crippen molar-refractivity contribution in [2.45, 2.75) is 0 Å². The molecule has 4 nitrogen and oxygen atoms in total. The maximum Gasteiger partial charge on any atom is 0.222 e. The molecule has 0 saturated carbocycles. The summed E-state index contributed by atoms with van der Waals surface area (Å²) in [6.45, 7) is 0. The SMILES string of the molecule is ON=Cc1ccnc(Cl)n1. The summed E-state index contributed by atoms with van der Waals surface area (Å²) < 4.78 is 0. The first-order chi connectivity index (χ1) is 4.83. The molecule has 0 amide bonds. The van der Waals surface area contributed by atoms with Gasteiger partial charge in [-0.05, 0) is 17.7 Å². The highest BCUT2D eigenvalue weighted by molar-refractivity contribution is 6.28. The lowest BCUT2D eigenvalue weighted by Gasteiger charge is -1.88. The normalized spacial score (nSPS) is 10.5. The Morgan fingerprint density at radius 2 is 2.50 bits per heavy atom. The molecular weight excluding hydrogens is 154 g/mol. The zero-order valence-electron chi connectivity index (χ0n) is 4.90. The third kappa shape index (κ3) is 1.66. The summed E-state index contributed by atoms with van der Waals surface area (Å²) in [6, 6.07) is 1.58. The predicted molar refractivity (Wildman–Crippen MR) is 36.4 cm³/mol. The first-order valence-corrected chi connectivity index (χ1v) is 2.86. The van der Waals surface area contributed by atoms with Gasteiger partial charge >= 0.3 is 0 Å². The molecule has 0 aromatic carbocycles. The van der Waals surface area contributed by atoms with Crippen molar-refractivity contribution in [1.82, 2.24) is 9.97 Å². The summed E-state index contributed by atoms with van der Waals surface area (Å²) in [5, 5.41) is 11.0. The first kappa shape index (κ1) is 6.95. The summed E-state index contributed by atoms with van der Waals surface area (Å²) in [6.07, 6.45) is 2.65. The number of nitrogens with zero attached hydrogens (tertiary/aromatic N) is 3. The number of hydrogen-bond donors (Lipinski definition) is 1. The average molecular weight is 158 g/mol. The Hall–Kier alpha value is -1.16. The van der Waals surface area contributed by atoms with Gasteiger partial charge in [-0.25, -0.2) is 9.97 Å². The molecule has 0 spiro atoms. The number of oxime groups is 1. The fourth-order valence-electron chi connectivity index (χ4n) is 0.479. The molecule has 0 atom stereocenters. The molecule has 5 heteroatoms. The van der Waals surface area contributed by atoms with Crippen molar-refractivity contribution in [3.8, 4) is 0 Å². The molecule has 0 bridgehead atoms. The lowest BCUT2D eigenvalue weighted by atomic mass is 10.4. The van der Waals surface area contributed by atoms with Gasteiger partial charge in [-0.2, -0.15) is 0 Å². The lowest BCUT2D eigenvalue weighted by Crippen LogP contribution is -1.88. The number of halogens is 1. The van der Waals surface area contributed by atoms with Crippen LogP contribution in [0.1, 0.15) is 5.69 Å². The van der Waals surface area contributed by atoms with Crippen LogP contribution in [0.2, 0.25) is 5.28 Å². The van der Waals surface area contributed by atoms with E-state index in [-0.39, 0.29) is 5.28 Å². The van der Waals surface area contributed by atoms with Crippen molar-refractivity contribution >= 4 is 17.8 Å². The molecule has 0 unspecified atom stereocenters. The molecular formula is C5H4ClN3O. The summed E-state index contributed by atoms with van der Waals surface area (Å²) in [7, 11) is 0. The van der Waals surface area contributed by atoms with Crippen LogP contribution in [-0.2, 0) is 0 Å². The van der Waals surface area contributed by atoms with Gasteiger partial charge in [0.25, 0.3) is 0 Å². The number of hydrogen-bond acceptors (Lipinski definition) is 4. The van der Waals surface area contributed by atoms with Gasteiger partial charge in [0.05, 0.1) is 11.9 Å². The molecule has 0 aliphatic heterocycles. The summed E-state index contributed by atoms with van der Waals surface area (Å²) in [5.74, 6) is 0. The Kier molecular flexibility index (Phi) is 2.17. The summed E-state index contributed by atoms with van der Waals surface area (Å²) in [5.41, 5.74) is 0.475. The standard InChI is InChI=1S/C5H4ClN3O/c6-5-7-2-1-4(9-5)3-8-10/h1-3,10H. The Labute approximate surface area is 62.2 Å². The van der Waals surface area contributed by atoms with Crippen LogP contribution >= 0.6 is 11.6 Å². The largest absolute Gasteiger partial charge is 0.411 e. The maximum atomic E-state index is 8.08. The third-order valence-corrected chi connectivity index (χ3v) is 1.02. The molecule has 1 aromatic rings. The molecule has 52 valence electrons. The van der Waals surface area contributed by atoms with Gasteiger partial charge in [0, 0.05) is 6.20 Å². The van der Waals surface area contributed by atoms with Crippen molar-refractivity contribution in [2.75, 3.05) is 0 Å². The van der Waals surface area contributed by atoms with E-state index < -0.39 is 0 Å². The highest BCUT2D eigenvalue weighted by Crippen LogP contribution is 1.97. The fraction of sp³-hybridized carbons (Fsp3) is 0. The van der Waals surface area contributed by atoms with Crippen LogP contribution in [0.3, 0.4) is 0 Å². The van der Waals surface area contributed by atoms with E-state index in [9.17, 15) is 0 Å². The number of aromatic nitrogens is 2. The van der Waals surface area contributed by atoms with Crippen LogP contribution in [0, 0.1) is 0 Å². The molecule has 1 rings (SSSR count). The van der Waals surface area contributed by atoms with Crippen LogP contribution in [0.5, 0.6) is 0 Å². The van der Waals surface area contributed by atoms with Crippen LogP contribution in [0.25, 0.3) is 0 Å². The number of rotatable bonds is 1. The smallest absolute Gasteiger partial charge is 0.222 e. The monoisotopic (exact) mass is 157 g/mol. The topological polar surface area (TPSA) is 58.4 Å². The third-order valence-electron chi connectivity index (χ3n) is 0.838. The minimum absolute atomic E-state index is 0.136. The van der Waals surface area contributed by atoms with E-state index in [2.05, 4.69) is 15.1 Å². The van der Waals surface area contributed by atoms with Crippen molar-refractivity contribution in [3.05, 3.63) is 23.2 Å². The Bertz CT molecular complexity index is 250. The molecule has 0 saturated heterocycles. The van der Waals surface area contributed by atoms with Crippen molar-refractivity contribution in [1.29, 1.82) is 0 Å². The summed E-state index contributed by atoms with van der Waals surface area (Å²) >= 11 is 5.42. The second-order valence-electron chi connectivity index (χ2n) is 1.50. The zero-order valence-corrected chi connectivity index (χ0v) is 5.65. The minimum Gasteiger partial charge on any atom is -0.411 e. The van der Waals surface area contributed by atoms with E-state index in [0.29, 0.717) is 5.69 Å². The molecule has 1 N–H and O–H groups in total. The predicted octanol–water partition coefficient (Wildman–Crippen LogP) is 0.938. The van der Waals surface area contributed by atoms with Gasteiger partial charge < -0.3 is 5.21 Å². The van der Waals surface area contributed by atoms with Crippen LogP contribution in [-0.4, -0.2) is 21.4 Å². The zero-order chi connectivity index (χ0) is 7.40. The lowest BCUT2D eigenvalue weighted by molar-refractivity contribution is 0.321. The van der Waals surface area contributed by atoms with E-state index >= 15 is 0 Å². The summed E-state index contributed by atoms with van der Waals surface area (Å²) in [4.78, 5) is 7.34. The van der Waals surface area contributed by atoms with Crippen molar-refractivity contribution in [2.24, 2.45) is 5.16 Å². The van der Waals surface area contributed by atoms with Gasteiger partial charge in [-0.1, -0.05) is 5.16 Å². The van der Waals surface area contributed by atoms with Crippen molar-refractivity contribution < 1.29 is 5.21 Å². The van der Waals surface area contributed by atoms with Crippen LogP contribution in [0.15, 0.2) is 17.4 Å². The molecule has 10 heavy (non-hydrogen) atoms. The maximum absolute atomic E-state index is 8.08. The second-order valence-corrected chi connectivity index (χ2v) is 1.83. The van der Waals surface area contributed by atoms with Gasteiger partial charge in [0.15, 0.2) is 0 Å². The first-order valence-electron chi connectivity index (χ1n) is 2.49. The molecule has 0 radical (unpaired) electrons. The van der Waals surface area contributed by atoms with Gasteiger partial charge in [0.1, 0.15) is 0 Å². The Morgan fingerprint density at radius 3 is 3.10 bits per heavy atom. The van der Waals surface area contributed by atoms with E-state index in [0.717, 1.165) is 0 Å². The van der Waals surface area contributed by atoms with Crippen molar-refractivity contribution in [3.63, 3.8) is 0 Å². The highest BCUT2D eigenvalue weighted by atomic mass is 35.5.